The predicted octanol–water partition coefficient (Wildman–Crippen LogP) is 3.35. The quantitative estimate of drug-likeness (QED) is 0.804. The van der Waals surface area contributed by atoms with Gasteiger partial charge in [0.15, 0.2) is 0 Å². The number of aryl methyl sites for hydroxylation is 2. The smallest absolute Gasteiger partial charge is 0.0331 e. The van der Waals surface area contributed by atoms with Crippen LogP contribution in [0, 0.1) is 31.6 Å². The molecular weight excluding hydrogens is 194 g/mol. The summed E-state index contributed by atoms with van der Waals surface area (Å²) in [6.07, 6.45) is 4.28. The van der Waals surface area contributed by atoms with Gasteiger partial charge in [-0.15, -0.1) is 0 Å². The number of nitrogens with two attached hydrogens (primary N) is 1. The first-order valence-corrected chi connectivity index (χ1v) is 6.51. The highest BCUT2D eigenvalue weighted by molar-refractivity contribution is 5.34. The standard InChI is InChI=1S/C15H21N/c1-9-6-7-10(2)13(8-9)15(16)14-11-4-3-5-12(11)14/h6-8,11-12,14-15H,3-5,16H2,1-2H3. The molecule has 2 N–H and O–H groups in total. The average molecular weight is 215 g/mol. The van der Waals surface area contributed by atoms with Crippen molar-refractivity contribution in [3.63, 3.8) is 0 Å². The summed E-state index contributed by atoms with van der Waals surface area (Å²) < 4.78 is 0. The second-order valence-electron chi connectivity index (χ2n) is 5.72. The maximum atomic E-state index is 6.46. The van der Waals surface area contributed by atoms with Gasteiger partial charge in [0.05, 0.1) is 0 Å². The number of rotatable bonds is 2. The van der Waals surface area contributed by atoms with Crippen molar-refractivity contribution < 1.29 is 0 Å². The highest BCUT2D eigenvalue weighted by Crippen LogP contribution is 2.61. The van der Waals surface area contributed by atoms with Gasteiger partial charge in [-0.3, -0.25) is 0 Å². The molecule has 1 heteroatoms. The summed E-state index contributed by atoms with van der Waals surface area (Å²) in [6.45, 7) is 4.34. The largest absolute Gasteiger partial charge is 0.324 e. The van der Waals surface area contributed by atoms with Crippen LogP contribution < -0.4 is 5.73 Å². The topological polar surface area (TPSA) is 26.0 Å². The number of benzene rings is 1. The fraction of sp³-hybridized carbons (Fsp3) is 0.600. The third kappa shape index (κ3) is 1.49. The average Bonchev–Trinajstić information content (AvgIpc) is 2.74. The van der Waals surface area contributed by atoms with Crippen LogP contribution in [0.2, 0.25) is 0 Å². The summed E-state index contributed by atoms with van der Waals surface area (Å²) in [4.78, 5) is 0. The molecule has 0 aliphatic heterocycles. The van der Waals surface area contributed by atoms with Crippen molar-refractivity contribution in [2.24, 2.45) is 23.5 Å². The van der Waals surface area contributed by atoms with E-state index in [0.717, 1.165) is 17.8 Å². The third-order valence-corrected chi connectivity index (χ3v) is 4.68. The van der Waals surface area contributed by atoms with E-state index in [0.29, 0.717) is 0 Å². The van der Waals surface area contributed by atoms with Crippen LogP contribution in [0.5, 0.6) is 0 Å². The molecule has 2 aliphatic carbocycles. The molecule has 0 radical (unpaired) electrons. The Hall–Kier alpha value is -0.820. The lowest BCUT2D eigenvalue weighted by molar-refractivity contribution is 0.500. The lowest BCUT2D eigenvalue weighted by atomic mass is 9.93. The van der Waals surface area contributed by atoms with Crippen LogP contribution in [-0.4, -0.2) is 0 Å². The Kier molecular flexibility index (Phi) is 2.32. The monoisotopic (exact) mass is 215 g/mol. The summed E-state index contributed by atoms with van der Waals surface area (Å²) >= 11 is 0. The maximum absolute atomic E-state index is 6.46. The molecule has 1 aromatic rings. The Morgan fingerprint density at radius 1 is 1.19 bits per heavy atom. The molecule has 1 aromatic carbocycles. The van der Waals surface area contributed by atoms with Crippen LogP contribution in [0.25, 0.3) is 0 Å². The van der Waals surface area contributed by atoms with E-state index < -0.39 is 0 Å². The molecular formula is C15H21N. The van der Waals surface area contributed by atoms with Crippen LogP contribution in [0.15, 0.2) is 18.2 Å². The molecule has 2 saturated carbocycles. The Balaban J connectivity index is 1.84. The van der Waals surface area contributed by atoms with Crippen molar-refractivity contribution in [3.05, 3.63) is 34.9 Å². The molecule has 1 nitrogen and oxygen atoms in total. The molecule has 86 valence electrons. The predicted molar refractivity (Wildman–Crippen MR) is 67.2 cm³/mol. The highest BCUT2D eigenvalue weighted by atomic mass is 14.7. The van der Waals surface area contributed by atoms with E-state index in [-0.39, 0.29) is 6.04 Å². The van der Waals surface area contributed by atoms with E-state index in [1.807, 2.05) is 0 Å². The Morgan fingerprint density at radius 3 is 2.56 bits per heavy atom. The second-order valence-corrected chi connectivity index (χ2v) is 5.72. The van der Waals surface area contributed by atoms with Crippen LogP contribution in [-0.2, 0) is 0 Å². The van der Waals surface area contributed by atoms with Gasteiger partial charge < -0.3 is 5.73 Å². The summed E-state index contributed by atoms with van der Waals surface area (Å²) in [6, 6.07) is 6.96. The molecule has 3 atom stereocenters. The minimum absolute atomic E-state index is 0.287. The van der Waals surface area contributed by atoms with Gasteiger partial charge in [0.25, 0.3) is 0 Å². The van der Waals surface area contributed by atoms with Crippen molar-refractivity contribution in [1.29, 1.82) is 0 Å². The zero-order chi connectivity index (χ0) is 11.3. The molecule has 0 aromatic heterocycles. The third-order valence-electron chi connectivity index (χ3n) is 4.68. The molecule has 3 rings (SSSR count). The summed E-state index contributed by atoms with van der Waals surface area (Å²) in [5, 5.41) is 0. The van der Waals surface area contributed by atoms with E-state index in [4.69, 9.17) is 5.73 Å². The molecule has 0 amide bonds. The van der Waals surface area contributed by atoms with Crippen molar-refractivity contribution in [1.82, 2.24) is 0 Å². The van der Waals surface area contributed by atoms with E-state index in [1.165, 1.54) is 36.0 Å². The SMILES string of the molecule is Cc1ccc(C)c(C(N)C2C3CCCC32)c1. The first kappa shape index (κ1) is 10.3. The number of fused-ring (bicyclic) bond motifs is 1. The van der Waals surface area contributed by atoms with Crippen molar-refractivity contribution in [2.45, 2.75) is 39.2 Å². The summed E-state index contributed by atoms with van der Waals surface area (Å²) in [7, 11) is 0. The lowest BCUT2D eigenvalue weighted by Gasteiger charge is -2.17. The second kappa shape index (κ2) is 3.59. The van der Waals surface area contributed by atoms with Crippen LogP contribution >= 0.6 is 0 Å². The maximum Gasteiger partial charge on any atom is 0.0331 e. The van der Waals surface area contributed by atoms with Gasteiger partial charge in [0.2, 0.25) is 0 Å². The van der Waals surface area contributed by atoms with Crippen molar-refractivity contribution in [2.75, 3.05) is 0 Å². The molecule has 0 spiro atoms. The molecule has 0 bridgehead atoms. The highest BCUT2D eigenvalue weighted by Gasteiger charge is 2.55. The minimum atomic E-state index is 0.287. The molecule has 2 fully saturated rings. The molecule has 0 saturated heterocycles. The number of hydrogen-bond donors (Lipinski definition) is 1. The van der Waals surface area contributed by atoms with Crippen molar-refractivity contribution in [3.8, 4) is 0 Å². The molecule has 16 heavy (non-hydrogen) atoms. The van der Waals surface area contributed by atoms with Gasteiger partial charge >= 0.3 is 0 Å². The van der Waals surface area contributed by atoms with Crippen LogP contribution in [0.3, 0.4) is 0 Å². The van der Waals surface area contributed by atoms with Gasteiger partial charge in [-0.25, -0.2) is 0 Å². The van der Waals surface area contributed by atoms with Gasteiger partial charge in [0, 0.05) is 6.04 Å². The van der Waals surface area contributed by atoms with Crippen LogP contribution in [0.1, 0.15) is 42.0 Å². The van der Waals surface area contributed by atoms with Gasteiger partial charge in [-0.1, -0.05) is 30.2 Å². The Labute approximate surface area is 98.0 Å². The molecule has 3 unspecified atom stereocenters. The normalized spacial score (nSPS) is 33.6. The summed E-state index contributed by atoms with van der Waals surface area (Å²) in [5.74, 6) is 2.69. The zero-order valence-electron chi connectivity index (χ0n) is 10.2. The van der Waals surface area contributed by atoms with Gasteiger partial charge in [0.1, 0.15) is 0 Å². The van der Waals surface area contributed by atoms with E-state index >= 15 is 0 Å². The van der Waals surface area contributed by atoms with Gasteiger partial charge in [-0.2, -0.15) is 0 Å². The van der Waals surface area contributed by atoms with E-state index in [2.05, 4.69) is 32.0 Å². The van der Waals surface area contributed by atoms with E-state index in [1.54, 1.807) is 0 Å². The Bertz CT molecular complexity index is 400. The molecule has 0 heterocycles. The van der Waals surface area contributed by atoms with Crippen LogP contribution in [0.4, 0.5) is 0 Å². The zero-order valence-corrected chi connectivity index (χ0v) is 10.2. The van der Waals surface area contributed by atoms with E-state index in [9.17, 15) is 0 Å². The van der Waals surface area contributed by atoms with Gasteiger partial charge in [-0.05, 0) is 55.6 Å². The summed E-state index contributed by atoms with van der Waals surface area (Å²) in [5.41, 5.74) is 10.5. The number of hydrogen-bond acceptors (Lipinski definition) is 1. The molecule has 2 aliphatic rings. The first-order valence-electron chi connectivity index (χ1n) is 6.51. The minimum Gasteiger partial charge on any atom is -0.324 e. The van der Waals surface area contributed by atoms with Crippen molar-refractivity contribution >= 4 is 0 Å². The fourth-order valence-electron chi connectivity index (χ4n) is 3.74. The Morgan fingerprint density at radius 2 is 1.88 bits per heavy atom. The first-order chi connectivity index (χ1) is 7.68. The lowest BCUT2D eigenvalue weighted by Crippen LogP contribution is -2.16. The fourth-order valence-corrected chi connectivity index (χ4v) is 3.74.